The van der Waals surface area contributed by atoms with E-state index in [1.807, 2.05) is 20.0 Å². The van der Waals surface area contributed by atoms with Gasteiger partial charge in [0.05, 0.1) is 6.54 Å². The molecule has 2 heterocycles. The van der Waals surface area contributed by atoms with Gasteiger partial charge in [0.25, 0.3) is 0 Å². The van der Waals surface area contributed by atoms with Gasteiger partial charge in [-0.15, -0.1) is 0 Å². The van der Waals surface area contributed by atoms with Gasteiger partial charge in [0.15, 0.2) is 0 Å². The maximum absolute atomic E-state index is 4.56. The average Bonchev–Trinajstić information content (AvgIpc) is 2.69. The van der Waals surface area contributed by atoms with Crippen LogP contribution >= 0.6 is 0 Å². The predicted octanol–water partition coefficient (Wildman–Crippen LogP) is 2.43. The molecule has 0 unspecified atom stereocenters. The molecule has 0 spiro atoms. The first-order valence-electron chi connectivity index (χ1n) is 7.56. The molecule has 0 amide bonds. The number of rotatable bonds is 3. The van der Waals surface area contributed by atoms with Crippen molar-refractivity contribution >= 4 is 5.82 Å². The van der Waals surface area contributed by atoms with Crippen molar-refractivity contribution in [3.8, 4) is 0 Å². The number of aromatic nitrogens is 2. The topological polar surface area (TPSA) is 41.1 Å². The van der Waals surface area contributed by atoms with Gasteiger partial charge in [-0.25, -0.2) is 9.97 Å². The first-order valence-corrected chi connectivity index (χ1v) is 7.56. The van der Waals surface area contributed by atoms with E-state index >= 15 is 0 Å². The Balaban J connectivity index is 1.71. The zero-order valence-corrected chi connectivity index (χ0v) is 12.8. The van der Waals surface area contributed by atoms with Crippen LogP contribution in [-0.2, 0) is 19.4 Å². The molecule has 0 aliphatic carbocycles. The molecule has 1 N–H and O–H groups in total. The van der Waals surface area contributed by atoms with Gasteiger partial charge in [-0.2, -0.15) is 0 Å². The fraction of sp³-hybridized carbons (Fsp3) is 0.412. The first kappa shape index (κ1) is 14.0. The number of nitrogens with one attached hydrogen (secondary N) is 1. The molecule has 0 fully saturated rings. The fourth-order valence-corrected chi connectivity index (χ4v) is 2.90. The Hall–Kier alpha value is -1.94. The van der Waals surface area contributed by atoms with Crippen LogP contribution in [0.25, 0.3) is 0 Å². The molecular formula is C17H22N4. The molecule has 0 bridgehead atoms. The molecule has 0 saturated heterocycles. The first-order chi connectivity index (χ1) is 10.2. The molecule has 0 radical (unpaired) electrons. The van der Waals surface area contributed by atoms with Crippen molar-refractivity contribution in [3.05, 3.63) is 53.0 Å². The van der Waals surface area contributed by atoms with E-state index in [1.54, 1.807) is 0 Å². The number of aryl methyl sites for hydroxylation is 1. The Morgan fingerprint density at radius 2 is 1.76 bits per heavy atom. The summed E-state index contributed by atoms with van der Waals surface area (Å²) in [5.41, 5.74) is 3.99. The van der Waals surface area contributed by atoms with E-state index in [-0.39, 0.29) is 0 Å². The second-order valence-corrected chi connectivity index (χ2v) is 5.61. The average molecular weight is 282 g/mol. The minimum atomic E-state index is 0.824. The molecule has 1 aliphatic rings. The van der Waals surface area contributed by atoms with Crippen molar-refractivity contribution in [3.63, 3.8) is 0 Å². The number of hydrogen-bond acceptors (Lipinski definition) is 4. The van der Waals surface area contributed by atoms with Gasteiger partial charge in [0.2, 0.25) is 0 Å². The van der Waals surface area contributed by atoms with Gasteiger partial charge in [0, 0.05) is 31.9 Å². The molecule has 0 atom stereocenters. The lowest BCUT2D eigenvalue weighted by atomic mass is 10.0. The summed E-state index contributed by atoms with van der Waals surface area (Å²) in [7, 11) is 1.90. The zero-order chi connectivity index (χ0) is 14.7. The standard InChI is InChI=1S/C17H22N4/c1-13-11-16(18-2)20-17(19-13)12-21-9-7-14-5-3-4-6-15(14)8-10-21/h3-6,11H,7-10,12H2,1-2H3,(H,18,19,20). The molecule has 0 saturated carbocycles. The third kappa shape index (κ3) is 3.39. The van der Waals surface area contributed by atoms with Crippen LogP contribution in [0, 0.1) is 6.92 Å². The summed E-state index contributed by atoms with van der Waals surface area (Å²) >= 11 is 0. The number of fused-ring (bicyclic) bond motifs is 1. The number of benzene rings is 1. The molecule has 4 nitrogen and oxygen atoms in total. The molecular weight excluding hydrogens is 260 g/mol. The molecule has 1 aromatic heterocycles. The summed E-state index contributed by atoms with van der Waals surface area (Å²) in [6.45, 7) is 4.99. The van der Waals surface area contributed by atoms with E-state index in [0.29, 0.717) is 0 Å². The Labute approximate surface area is 126 Å². The van der Waals surface area contributed by atoms with Crippen LogP contribution in [0.15, 0.2) is 30.3 Å². The molecule has 1 aliphatic heterocycles. The molecule has 21 heavy (non-hydrogen) atoms. The SMILES string of the molecule is CNc1cc(C)nc(CN2CCc3ccccc3CC2)n1. The predicted molar refractivity (Wildman–Crippen MR) is 85.4 cm³/mol. The number of anilines is 1. The Bertz CT molecular complexity index is 597. The summed E-state index contributed by atoms with van der Waals surface area (Å²) in [5, 5.41) is 3.10. The lowest BCUT2D eigenvalue weighted by Crippen LogP contribution is -2.27. The van der Waals surface area contributed by atoms with E-state index in [9.17, 15) is 0 Å². The van der Waals surface area contributed by atoms with Gasteiger partial charge < -0.3 is 5.32 Å². The summed E-state index contributed by atoms with van der Waals surface area (Å²) in [6.07, 6.45) is 2.22. The molecule has 3 rings (SSSR count). The van der Waals surface area contributed by atoms with Gasteiger partial charge in [-0.05, 0) is 30.9 Å². The van der Waals surface area contributed by atoms with Gasteiger partial charge in [-0.3, -0.25) is 4.90 Å². The Morgan fingerprint density at radius 1 is 1.10 bits per heavy atom. The summed E-state index contributed by atoms with van der Waals surface area (Å²) in [5.74, 6) is 1.81. The quantitative estimate of drug-likeness (QED) is 0.938. The van der Waals surface area contributed by atoms with Crippen LogP contribution in [0.4, 0.5) is 5.82 Å². The maximum Gasteiger partial charge on any atom is 0.144 e. The largest absolute Gasteiger partial charge is 0.373 e. The molecule has 1 aromatic carbocycles. The van der Waals surface area contributed by atoms with Crippen molar-refractivity contribution in [1.82, 2.24) is 14.9 Å². The minimum absolute atomic E-state index is 0.824. The van der Waals surface area contributed by atoms with Gasteiger partial charge in [0.1, 0.15) is 11.6 Å². The van der Waals surface area contributed by atoms with Crippen molar-refractivity contribution in [1.29, 1.82) is 0 Å². The third-order valence-electron chi connectivity index (χ3n) is 4.03. The second-order valence-electron chi connectivity index (χ2n) is 5.61. The van der Waals surface area contributed by atoms with Crippen molar-refractivity contribution < 1.29 is 0 Å². The van der Waals surface area contributed by atoms with Crippen molar-refractivity contribution in [2.24, 2.45) is 0 Å². The van der Waals surface area contributed by atoms with E-state index in [0.717, 1.165) is 49.8 Å². The van der Waals surface area contributed by atoms with E-state index in [1.165, 1.54) is 11.1 Å². The number of nitrogens with zero attached hydrogens (tertiary/aromatic N) is 3. The monoisotopic (exact) mass is 282 g/mol. The molecule has 110 valence electrons. The van der Waals surface area contributed by atoms with Crippen molar-refractivity contribution in [2.75, 3.05) is 25.5 Å². The smallest absolute Gasteiger partial charge is 0.144 e. The molecule has 4 heteroatoms. The fourth-order valence-electron chi connectivity index (χ4n) is 2.90. The van der Waals surface area contributed by atoms with Gasteiger partial charge in [-0.1, -0.05) is 24.3 Å². The highest BCUT2D eigenvalue weighted by Gasteiger charge is 2.15. The minimum Gasteiger partial charge on any atom is -0.373 e. The summed E-state index contributed by atoms with van der Waals surface area (Å²) < 4.78 is 0. The lowest BCUT2D eigenvalue weighted by Gasteiger charge is -2.19. The van der Waals surface area contributed by atoms with Crippen LogP contribution < -0.4 is 5.32 Å². The Morgan fingerprint density at radius 3 is 2.38 bits per heavy atom. The Kier molecular flexibility index (Phi) is 4.15. The highest BCUT2D eigenvalue weighted by atomic mass is 15.2. The third-order valence-corrected chi connectivity index (χ3v) is 4.03. The highest BCUT2D eigenvalue weighted by Crippen LogP contribution is 2.17. The summed E-state index contributed by atoms with van der Waals surface area (Å²) in [4.78, 5) is 11.6. The summed E-state index contributed by atoms with van der Waals surface area (Å²) in [6, 6.07) is 10.7. The van der Waals surface area contributed by atoms with Crippen LogP contribution in [0.2, 0.25) is 0 Å². The highest BCUT2D eigenvalue weighted by molar-refractivity contribution is 5.34. The van der Waals surface area contributed by atoms with Crippen molar-refractivity contribution in [2.45, 2.75) is 26.3 Å². The van der Waals surface area contributed by atoms with Crippen LogP contribution in [-0.4, -0.2) is 35.0 Å². The van der Waals surface area contributed by atoms with E-state index in [4.69, 9.17) is 0 Å². The van der Waals surface area contributed by atoms with Crippen LogP contribution in [0.5, 0.6) is 0 Å². The normalized spacial score (nSPS) is 15.3. The second kappa shape index (κ2) is 6.22. The van der Waals surface area contributed by atoms with Gasteiger partial charge >= 0.3 is 0 Å². The zero-order valence-electron chi connectivity index (χ0n) is 12.8. The maximum atomic E-state index is 4.56. The lowest BCUT2D eigenvalue weighted by molar-refractivity contribution is 0.272. The van der Waals surface area contributed by atoms with Crippen LogP contribution in [0.3, 0.4) is 0 Å². The number of hydrogen-bond donors (Lipinski definition) is 1. The van der Waals surface area contributed by atoms with E-state index in [2.05, 4.69) is 44.5 Å². The van der Waals surface area contributed by atoms with Crippen LogP contribution in [0.1, 0.15) is 22.6 Å². The van der Waals surface area contributed by atoms with E-state index < -0.39 is 0 Å². The molecule has 2 aromatic rings.